The number of H-pyrrole nitrogens is 1. The number of nitrogens with zero attached hydrogens (tertiary/aromatic N) is 2. The van der Waals surface area contributed by atoms with Gasteiger partial charge in [0.15, 0.2) is 0 Å². The van der Waals surface area contributed by atoms with E-state index in [9.17, 15) is 0 Å². The molecule has 80 valence electrons. The van der Waals surface area contributed by atoms with E-state index in [0.29, 0.717) is 0 Å². The lowest BCUT2D eigenvalue weighted by atomic mass is 10.3. The van der Waals surface area contributed by atoms with Gasteiger partial charge in [-0.05, 0) is 18.1 Å². The molecule has 0 aliphatic rings. The fourth-order valence-corrected chi connectivity index (χ4v) is 1.53. The zero-order valence-electron chi connectivity index (χ0n) is 8.90. The highest BCUT2D eigenvalue weighted by atomic mass is 15.3. The van der Waals surface area contributed by atoms with Gasteiger partial charge in [0.05, 0.1) is 6.20 Å². The molecule has 2 aromatic rings. The van der Waals surface area contributed by atoms with Crippen molar-refractivity contribution in [2.75, 3.05) is 5.32 Å². The van der Waals surface area contributed by atoms with E-state index in [1.54, 1.807) is 0 Å². The zero-order valence-corrected chi connectivity index (χ0v) is 8.90. The van der Waals surface area contributed by atoms with E-state index in [4.69, 9.17) is 0 Å². The van der Waals surface area contributed by atoms with E-state index in [2.05, 4.69) is 28.4 Å². The van der Waals surface area contributed by atoms with Crippen LogP contribution in [0.2, 0.25) is 0 Å². The van der Waals surface area contributed by atoms with Crippen LogP contribution in [0.1, 0.15) is 18.9 Å². The highest BCUT2D eigenvalue weighted by molar-refractivity contribution is 5.34. The van der Waals surface area contributed by atoms with E-state index in [-0.39, 0.29) is 0 Å². The third-order valence-electron chi connectivity index (χ3n) is 2.29. The second-order valence-electron chi connectivity index (χ2n) is 3.51. The quantitative estimate of drug-likeness (QED) is 0.784. The SMILES string of the molecule is CCCn1nccc1NCc1cc[nH]c1. The minimum Gasteiger partial charge on any atom is -0.367 e. The minimum absolute atomic E-state index is 0.832. The maximum Gasteiger partial charge on any atom is 0.124 e. The monoisotopic (exact) mass is 204 g/mol. The van der Waals surface area contributed by atoms with Crippen molar-refractivity contribution in [1.29, 1.82) is 0 Å². The van der Waals surface area contributed by atoms with Gasteiger partial charge in [-0.25, -0.2) is 4.68 Å². The van der Waals surface area contributed by atoms with Crippen molar-refractivity contribution in [2.24, 2.45) is 0 Å². The summed E-state index contributed by atoms with van der Waals surface area (Å²) in [6.07, 6.45) is 6.85. The van der Waals surface area contributed by atoms with E-state index >= 15 is 0 Å². The fraction of sp³-hybridized carbons (Fsp3) is 0.364. The van der Waals surface area contributed by atoms with E-state index < -0.39 is 0 Å². The van der Waals surface area contributed by atoms with Gasteiger partial charge in [-0.15, -0.1) is 0 Å². The molecule has 0 spiro atoms. The molecule has 2 rings (SSSR count). The summed E-state index contributed by atoms with van der Waals surface area (Å²) in [5, 5.41) is 7.61. The average molecular weight is 204 g/mol. The second-order valence-corrected chi connectivity index (χ2v) is 3.51. The van der Waals surface area contributed by atoms with Gasteiger partial charge in [0.25, 0.3) is 0 Å². The standard InChI is InChI=1S/C11H16N4/c1-2-7-15-11(4-6-14-15)13-9-10-3-5-12-8-10/h3-6,8,12-13H,2,7,9H2,1H3. The van der Waals surface area contributed by atoms with Gasteiger partial charge in [-0.1, -0.05) is 6.92 Å². The van der Waals surface area contributed by atoms with Crippen LogP contribution in [-0.2, 0) is 13.1 Å². The van der Waals surface area contributed by atoms with E-state index in [0.717, 1.165) is 25.3 Å². The van der Waals surface area contributed by atoms with Gasteiger partial charge < -0.3 is 10.3 Å². The van der Waals surface area contributed by atoms with Crippen LogP contribution in [0, 0.1) is 0 Å². The number of aromatic amines is 1. The van der Waals surface area contributed by atoms with Gasteiger partial charge in [-0.2, -0.15) is 5.10 Å². The summed E-state index contributed by atoms with van der Waals surface area (Å²) < 4.78 is 1.99. The predicted octanol–water partition coefficient (Wildman–Crippen LogP) is 2.23. The molecule has 0 saturated heterocycles. The molecule has 0 atom stereocenters. The topological polar surface area (TPSA) is 45.6 Å². The maximum atomic E-state index is 4.25. The highest BCUT2D eigenvalue weighted by Gasteiger charge is 2.00. The van der Waals surface area contributed by atoms with Crippen molar-refractivity contribution >= 4 is 5.82 Å². The Morgan fingerprint density at radius 1 is 1.47 bits per heavy atom. The van der Waals surface area contributed by atoms with Crippen LogP contribution in [0.5, 0.6) is 0 Å². The molecule has 0 aliphatic heterocycles. The third-order valence-corrected chi connectivity index (χ3v) is 2.29. The number of rotatable bonds is 5. The molecule has 0 unspecified atom stereocenters. The van der Waals surface area contributed by atoms with Crippen molar-refractivity contribution in [3.05, 3.63) is 36.3 Å². The van der Waals surface area contributed by atoms with Crippen molar-refractivity contribution in [2.45, 2.75) is 26.4 Å². The number of nitrogens with one attached hydrogen (secondary N) is 2. The number of hydrogen-bond acceptors (Lipinski definition) is 2. The van der Waals surface area contributed by atoms with E-state index in [1.807, 2.05) is 29.3 Å². The molecule has 0 saturated carbocycles. The first-order valence-corrected chi connectivity index (χ1v) is 5.27. The lowest BCUT2D eigenvalue weighted by Gasteiger charge is -2.07. The molecule has 15 heavy (non-hydrogen) atoms. The summed E-state index contributed by atoms with van der Waals surface area (Å²) in [6.45, 7) is 3.94. The number of anilines is 1. The fourth-order valence-electron chi connectivity index (χ4n) is 1.53. The predicted molar refractivity (Wildman–Crippen MR) is 60.6 cm³/mol. The van der Waals surface area contributed by atoms with Crippen LogP contribution in [0.4, 0.5) is 5.82 Å². The number of aromatic nitrogens is 3. The Bertz CT molecular complexity index is 388. The number of aryl methyl sites for hydroxylation is 1. The molecule has 0 fully saturated rings. The molecular formula is C11H16N4. The second kappa shape index (κ2) is 4.68. The Kier molecular flexibility index (Phi) is 3.07. The Hall–Kier alpha value is -1.71. The molecule has 2 heterocycles. The van der Waals surface area contributed by atoms with Crippen molar-refractivity contribution in [1.82, 2.24) is 14.8 Å². The maximum absolute atomic E-state index is 4.25. The van der Waals surface area contributed by atoms with Crippen LogP contribution >= 0.6 is 0 Å². The van der Waals surface area contributed by atoms with Gasteiger partial charge in [-0.3, -0.25) is 0 Å². The molecule has 4 heteroatoms. The van der Waals surface area contributed by atoms with Crippen LogP contribution in [0.3, 0.4) is 0 Å². The average Bonchev–Trinajstić information content (AvgIpc) is 2.85. The molecule has 2 aromatic heterocycles. The Labute approximate surface area is 89.3 Å². The Morgan fingerprint density at radius 2 is 2.40 bits per heavy atom. The molecule has 0 aliphatic carbocycles. The lowest BCUT2D eigenvalue weighted by molar-refractivity contribution is 0.607. The summed E-state index contributed by atoms with van der Waals surface area (Å²) >= 11 is 0. The Balaban J connectivity index is 1.95. The highest BCUT2D eigenvalue weighted by Crippen LogP contribution is 2.08. The van der Waals surface area contributed by atoms with Crippen LogP contribution in [-0.4, -0.2) is 14.8 Å². The van der Waals surface area contributed by atoms with Crippen LogP contribution < -0.4 is 5.32 Å². The van der Waals surface area contributed by atoms with Crippen LogP contribution in [0.15, 0.2) is 30.7 Å². The summed E-state index contributed by atoms with van der Waals surface area (Å²) in [4.78, 5) is 3.04. The first-order valence-electron chi connectivity index (χ1n) is 5.27. The van der Waals surface area contributed by atoms with Gasteiger partial charge in [0, 0.05) is 31.5 Å². The molecular weight excluding hydrogens is 188 g/mol. The van der Waals surface area contributed by atoms with Crippen molar-refractivity contribution in [3.8, 4) is 0 Å². The van der Waals surface area contributed by atoms with Crippen LogP contribution in [0.25, 0.3) is 0 Å². The largest absolute Gasteiger partial charge is 0.367 e. The summed E-state index contributed by atoms with van der Waals surface area (Å²) in [5.74, 6) is 1.08. The van der Waals surface area contributed by atoms with Gasteiger partial charge in [0.1, 0.15) is 5.82 Å². The molecule has 4 nitrogen and oxygen atoms in total. The van der Waals surface area contributed by atoms with Crippen molar-refractivity contribution < 1.29 is 0 Å². The van der Waals surface area contributed by atoms with Gasteiger partial charge >= 0.3 is 0 Å². The lowest BCUT2D eigenvalue weighted by Crippen LogP contribution is -2.07. The third kappa shape index (κ3) is 2.40. The summed E-state index contributed by atoms with van der Waals surface area (Å²) in [6, 6.07) is 4.07. The zero-order chi connectivity index (χ0) is 10.5. The number of hydrogen-bond donors (Lipinski definition) is 2. The van der Waals surface area contributed by atoms with Crippen molar-refractivity contribution in [3.63, 3.8) is 0 Å². The first-order chi connectivity index (χ1) is 7.40. The Morgan fingerprint density at radius 3 is 3.13 bits per heavy atom. The van der Waals surface area contributed by atoms with E-state index in [1.165, 1.54) is 5.56 Å². The molecule has 2 N–H and O–H groups in total. The molecule has 0 bridgehead atoms. The molecule has 0 amide bonds. The smallest absolute Gasteiger partial charge is 0.124 e. The van der Waals surface area contributed by atoms with Gasteiger partial charge in [0.2, 0.25) is 0 Å². The first kappa shape index (κ1) is 9.83. The normalized spacial score (nSPS) is 10.5. The summed E-state index contributed by atoms with van der Waals surface area (Å²) in [5.41, 5.74) is 1.25. The minimum atomic E-state index is 0.832. The summed E-state index contributed by atoms with van der Waals surface area (Å²) in [7, 11) is 0. The molecule has 0 radical (unpaired) electrons. The molecule has 0 aromatic carbocycles.